The maximum atomic E-state index is 11.3. The molecule has 120 valence electrons. The van der Waals surface area contributed by atoms with Gasteiger partial charge in [-0.15, -0.1) is 10.2 Å². The van der Waals surface area contributed by atoms with Gasteiger partial charge in [0.1, 0.15) is 0 Å². The SMILES string of the molecule is COC(=O)c1ccc(Nc2cccc(-c3ccc(=O)[nH]n3)c2)nn1. The standard InChI is InChI=1S/C16H13N5O3/c1-24-16(23)13-5-7-14(20-19-13)17-11-4-2-3-10(9-11)12-6-8-15(22)21-18-12/h2-9H,1H3,(H,17,20)(H,21,22). The van der Waals surface area contributed by atoms with Crippen molar-refractivity contribution in [3.8, 4) is 11.3 Å². The van der Waals surface area contributed by atoms with Crippen molar-refractivity contribution in [2.24, 2.45) is 0 Å². The molecule has 3 rings (SSSR count). The summed E-state index contributed by atoms with van der Waals surface area (Å²) in [5.41, 5.74) is 2.12. The zero-order chi connectivity index (χ0) is 16.9. The van der Waals surface area contributed by atoms with Crippen LogP contribution in [0.3, 0.4) is 0 Å². The molecular weight excluding hydrogens is 310 g/mol. The van der Waals surface area contributed by atoms with E-state index in [2.05, 4.69) is 30.4 Å². The van der Waals surface area contributed by atoms with E-state index in [0.29, 0.717) is 11.5 Å². The van der Waals surface area contributed by atoms with Gasteiger partial charge in [-0.3, -0.25) is 4.79 Å². The van der Waals surface area contributed by atoms with Crippen LogP contribution in [-0.2, 0) is 4.74 Å². The smallest absolute Gasteiger partial charge is 0.358 e. The summed E-state index contributed by atoms with van der Waals surface area (Å²) in [4.78, 5) is 22.4. The fraction of sp³-hybridized carbons (Fsp3) is 0.0625. The maximum absolute atomic E-state index is 11.3. The molecule has 8 heteroatoms. The third-order valence-corrected chi connectivity index (χ3v) is 3.17. The number of methoxy groups -OCH3 is 1. The Labute approximate surface area is 136 Å². The van der Waals surface area contributed by atoms with Crippen molar-refractivity contribution in [2.75, 3.05) is 12.4 Å². The van der Waals surface area contributed by atoms with Crippen LogP contribution in [0.4, 0.5) is 11.5 Å². The summed E-state index contributed by atoms with van der Waals surface area (Å²) in [5, 5.41) is 17.2. The number of nitrogens with zero attached hydrogens (tertiary/aromatic N) is 3. The van der Waals surface area contributed by atoms with Crippen molar-refractivity contribution in [3.05, 3.63) is 64.6 Å². The first-order valence-electron chi connectivity index (χ1n) is 7.01. The number of hydrogen-bond acceptors (Lipinski definition) is 7. The first kappa shape index (κ1) is 15.3. The molecule has 3 aromatic rings. The number of aromatic amines is 1. The normalized spacial score (nSPS) is 10.2. The lowest BCUT2D eigenvalue weighted by atomic mass is 10.1. The molecule has 0 aliphatic heterocycles. The molecule has 0 aliphatic rings. The number of carbonyl (C=O) groups is 1. The number of nitrogens with one attached hydrogen (secondary N) is 2. The second kappa shape index (κ2) is 6.69. The number of hydrogen-bond donors (Lipinski definition) is 2. The highest BCUT2D eigenvalue weighted by atomic mass is 16.5. The Hall–Kier alpha value is -3.55. The molecule has 2 N–H and O–H groups in total. The third kappa shape index (κ3) is 3.43. The predicted molar refractivity (Wildman–Crippen MR) is 86.9 cm³/mol. The van der Waals surface area contributed by atoms with E-state index in [0.717, 1.165) is 11.3 Å². The summed E-state index contributed by atoms with van der Waals surface area (Å²) in [5.74, 6) is -0.0607. The fourth-order valence-electron chi connectivity index (χ4n) is 2.02. The second-order valence-corrected chi connectivity index (χ2v) is 4.81. The molecule has 0 unspecified atom stereocenters. The summed E-state index contributed by atoms with van der Waals surface area (Å²) in [7, 11) is 1.28. The molecule has 0 amide bonds. The van der Waals surface area contributed by atoms with Crippen LogP contribution >= 0.6 is 0 Å². The fourth-order valence-corrected chi connectivity index (χ4v) is 2.02. The van der Waals surface area contributed by atoms with Crippen molar-refractivity contribution in [1.29, 1.82) is 0 Å². The number of rotatable bonds is 4. The van der Waals surface area contributed by atoms with Crippen LogP contribution in [0.1, 0.15) is 10.5 Å². The monoisotopic (exact) mass is 323 g/mol. The predicted octanol–water partition coefficient (Wildman–Crippen LogP) is 1.76. The average Bonchev–Trinajstić information content (AvgIpc) is 2.62. The Morgan fingerprint density at radius 1 is 1.12 bits per heavy atom. The molecule has 1 aromatic carbocycles. The molecular formula is C16H13N5O3. The quantitative estimate of drug-likeness (QED) is 0.704. The first-order valence-corrected chi connectivity index (χ1v) is 7.01. The van der Waals surface area contributed by atoms with E-state index < -0.39 is 5.97 Å². The average molecular weight is 323 g/mol. The highest BCUT2D eigenvalue weighted by Gasteiger charge is 2.08. The summed E-state index contributed by atoms with van der Waals surface area (Å²) in [6.07, 6.45) is 0. The van der Waals surface area contributed by atoms with Gasteiger partial charge in [0, 0.05) is 17.3 Å². The van der Waals surface area contributed by atoms with Gasteiger partial charge < -0.3 is 10.1 Å². The van der Waals surface area contributed by atoms with Crippen molar-refractivity contribution in [1.82, 2.24) is 20.4 Å². The molecule has 0 spiro atoms. The van der Waals surface area contributed by atoms with E-state index >= 15 is 0 Å². The number of carbonyl (C=O) groups excluding carboxylic acids is 1. The number of anilines is 2. The van der Waals surface area contributed by atoms with Crippen LogP contribution in [-0.4, -0.2) is 33.5 Å². The van der Waals surface area contributed by atoms with Gasteiger partial charge in [0.15, 0.2) is 11.5 Å². The largest absolute Gasteiger partial charge is 0.464 e. The van der Waals surface area contributed by atoms with Crippen molar-refractivity contribution < 1.29 is 9.53 Å². The van der Waals surface area contributed by atoms with Gasteiger partial charge >= 0.3 is 5.97 Å². The van der Waals surface area contributed by atoms with Crippen LogP contribution in [0.15, 0.2) is 53.3 Å². The van der Waals surface area contributed by atoms with Crippen molar-refractivity contribution in [3.63, 3.8) is 0 Å². The van der Waals surface area contributed by atoms with Gasteiger partial charge in [0.2, 0.25) is 0 Å². The highest BCUT2D eigenvalue weighted by molar-refractivity contribution is 5.87. The van der Waals surface area contributed by atoms with E-state index in [1.807, 2.05) is 24.3 Å². The summed E-state index contributed by atoms with van der Waals surface area (Å²) >= 11 is 0. The molecule has 0 fully saturated rings. The summed E-state index contributed by atoms with van der Waals surface area (Å²) < 4.78 is 4.57. The summed E-state index contributed by atoms with van der Waals surface area (Å²) in [6, 6.07) is 13.6. The topological polar surface area (TPSA) is 110 Å². The Kier molecular flexibility index (Phi) is 4.28. The molecule has 0 radical (unpaired) electrons. The maximum Gasteiger partial charge on any atom is 0.358 e. The lowest BCUT2D eigenvalue weighted by Gasteiger charge is -2.07. The van der Waals surface area contributed by atoms with Gasteiger partial charge in [-0.05, 0) is 30.3 Å². The van der Waals surface area contributed by atoms with Crippen LogP contribution in [0.25, 0.3) is 11.3 Å². The molecule has 24 heavy (non-hydrogen) atoms. The van der Waals surface area contributed by atoms with Gasteiger partial charge in [0.25, 0.3) is 5.56 Å². The number of H-pyrrole nitrogens is 1. The van der Waals surface area contributed by atoms with E-state index in [-0.39, 0.29) is 11.3 Å². The number of benzene rings is 1. The van der Waals surface area contributed by atoms with E-state index in [1.54, 1.807) is 12.1 Å². The zero-order valence-electron chi connectivity index (χ0n) is 12.7. The molecule has 0 atom stereocenters. The third-order valence-electron chi connectivity index (χ3n) is 3.17. The Morgan fingerprint density at radius 2 is 2.00 bits per heavy atom. The van der Waals surface area contributed by atoms with Crippen LogP contribution in [0, 0.1) is 0 Å². The minimum Gasteiger partial charge on any atom is -0.464 e. The summed E-state index contributed by atoms with van der Waals surface area (Å²) in [6.45, 7) is 0. The van der Waals surface area contributed by atoms with Crippen molar-refractivity contribution >= 4 is 17.5 Å². The Morgan fingerprint density at radius 3 is 2.67 bits per heavy atom. The number of ether oxygens (including phenoxy) is 1. The lowest BCUT2D eigenvalue weighted by molar-refractivity contribution is 0.0593. The zero-order valence-corrected chi connectivity index (χ0v) is 12.7. The number of esters is 1. The Balaban J connectivity index is 1.80. The molecule has 0 saturated carbocycles. The van der Waals surface area contributed by atoms with Crippen molar-refractivity contribution in [2.45, 2.75) is 0 Å². The lowest BCUT2D eigenvalue weighted by Crippen LogP contribution is -2.06. The molecule has 2 aromatic heterocycles. The van der Waals surface area contributed by atoms with Crippen LogP contribution in [0.2, 0.25) is 0 Å². The van der Waals surface area contributed by atoms with Gasteiger partial charge in [-0.2, -0.15) is 5.10 Å². The Bertz CT molecular complexity index is 901. The van der Waals surface area contributed by atoms with E-state index in [9.17, 15) is 9.59 Å². The minimum absolute atomic E-state index is 0.134. The van der Waals surface area contributed by atoms with Crippen LogP contribution in [0.5, 0.6) is 0 Å². The minimum atomic E-state index is -0.541. The van der Waals surface area contributed by atoms with E-state index in [4.69, 9.17) is 0 Å². The van der Waals surface area contributed by atoms with Gasteiger partial charge in [-0.25, -0.2) is 9.89 Å². The first-order chi connectivity index (χ1) is 11.7. The van der Waals surface area contributed by atoms with Gasteiger partial charge in [-0.1, -0.05) is 12.1 Å². The van der Waals surface area contributed by atoms with Crippen LogP contribution < -0.4 is 10.9 Å². The second-order valence-electron chi connectivity index (χ2n) is 4.81. The molecule has 0 bridgehead atoms. The molecule has 8 nitrogen and oxygen atoms in total. The molecule has 0 saturated heterocycles. The highest BCUT2D eigenvalue weighted by Crippen LogP contribution is 2.21. The molecule has 0 aliphatic carbocycles. The van der Waals surface area contributed by atoms with E-state index in [1.165, 1.54) is 19.2 Å². The molecule has 2 heterocycles. The number of aromatic nitrogens is 4. The van der Waals surface area contributed by atoms with Gasteiger partial charge in [0.05, 0.1) is 12.8 Å².